The minimum absolute atomic E-state index is 0.0117. The Bertz CT molecular complexity index is 125. The molecule has 4 heteroatoms. The Labute approximate surface area is 66.4 Å². The highest BCUT2D eigenvalue weighted by Gasteiger charge is 2.02. The predicted molar refractivity (Wildman–Crippen MR) is 36.3 cm³/mol. The first-order valence-electron chi connectivity index (χ1n) is 3.63. The Morgan fingerprint density at radius 2 is 2.09 bits per heavy atom. The molecule has 0 N–H and O–H groups in total. The zero-order valence-corrected chi connectivity index (χ0v) is 6.87. The van der Waals surface area contributed by atoms with E-state index in [1.54, 1.807) is 14.0 Å². The van der Waals surface area contributed by atoms with Crippen molar-refractivity contribution in [3.63, 3.8) is 0 Å². The minimum Gasteiger partial charge on any atom is -0.865 e. The lowest BCUT2D eigenvalue weighted by Gasteiger charge is -2.30. The van der Waals surface area contributed by atoms with Crippen LogP contribution in [0.15, 0.2) is 0 Å². The molecule has 0 saturated heterocycles. The highest BCUT2D eigenvalue weighted by Crippen LogP contribution is 1.91. The van der Waals surface area contributed by atoms with E-state index in [2.05, 4.69) is 0 Å². The molecule has 0 aromatic carbocycles. The maximum absolute atomic E-state index is 10.8. The van der Waals surface area contributed by atoms with Crippen LogP contribution in [0.3, 0.4) is 0 Å². The smallest absolute Gasteiger partial charge is 0.222 e. The van der Waals surface area contributed by atoms with Crippen molar-refractivity contribution in [1.29, 1.82) is 0 Å². The summed E-state index contributed by atoms with van der Waals surface area (Å²) in [6.07, 6.45) is -1.41. The Kier molecular flexibility index (Phi) is 4.81. The van der Waals surface area contributed by atoms with Crippen LogP contribution in [0.2, 0.25) is 0 Å². The summed E-state index contributed by atoms with van der Waals surface area (Å²) in [5.74, 6) is -0.0364. The second-order valence-corrected chi connectivity index (χ2v) is 2.39. The van der Waals surface area contributed by atoms with Gasteiger partial charge in [-0.15, -0.1) is 0 Å². The number of rotatable bonds is 4. The van der Waals surface area contributed by atoms with Crippen molar-refractivity contribution in [2.45, 2.75) is 26.1 Å². The zero-order valence-electron chi connectivity index (χ0n) is 6.87. The molecule has 1 amide bonds. The molecule has 0 aromatic rings. The van der Waals surface area contributed by atoms with Crippen LogP contribution in [0, 0.1) is 0 Å². The highest BCUT2D eigenvalue weighted by atomic mass is 16.5. The van der Waals surface area contributed by atoms with Gasteiger partial charge in [0.25, 0.3) is 0 Å². The molecule has 0 aliphatic heterocycles. The van der Waals surface area contributed by atoms with Crippen LogP contribution in [0.4, 0.5) is 0 Å². The first-order valence-corrected chi connectivity index (χ1v) is 3.63. The highest BCUT2D eigenvalue weighted by molar-refractivity contribution is 5.75. The molecule has 0 radical (unpaired) electrons. The number of carbonyl (C=O) groups excluding carboxylic acids is 1. The van der Waals surface area contributed by atoms with E-state index in [9.17, 15) is 15.0 Å². The maximum Gasteiger partial charge on any atom is 0.222 e. The van der Waals surface area contributed by atoms with Crippen molar-refractivity contribution in [2.24, 2.45) is 0 Å². The van der Waals surface area contributed by atoms with E-state index in [1.807, 2.05) is 0 Å². The van der Waals surface area contributed by atoms with E-state index in [0.29, 0.717) is 6.42 Å². The monoisotopic (exact) mass is 159 g/mol. The second-order valence-electron chi connectivity index (χ2n) is 2.39. The minimum atomic E-state index is -1.82. The van der Waals surface area contributed by atoms with Gasteiger partial charge in [0.2, 0.25) is 5.91 Å². The third-order valence-corrected chi connectivity index (χ3v) is 1.43. The molecule has 0 rings (SSSR count). The summed E-state index contributed by atoms with van der Waals surface area (Å²) in [6, 6.07) is 0. The van der Waals surface area contributed by atoms with Gasteiger partial charge in [0.1, 0.15) is 0 Å². The molecule has 0 unspecified atom stereocenters. The van der Waals surface area contributed by atoms with E-state index in [4.69, 9.17) is 0 Å². The fraction of sp³-hybridized carbons (Fsp3) is 0.857. The molecule has 0 fully saturated rings. The predicted octanol–water partition coefficient (Wildman–Crippen LogP) is -1.71. The number of carbonyl (C=O) groups is 1. The topological polar surface area (TPSA) is 66.4 Å². The van der Waals surface area contributed by atoms with Gasteiger partial charge in [0.05, 0.1) is 0 Å². The number of amides is 1. The van der Waals surface area contributed by atoms with Crippen LogP contribution in [0.25, 0.3) is 0 Å². The first kappa shape index (κ1) is 10.4. The number of hydrogen-bond acceptors (Lipinski definition) is 3. The van der Waals surface area contributed by atoms with Gasteiger partial charge in [0.15, 0.2) is 0 Å². The molecule has 0 aromatic heterocycles. The molecule has 0 aliphatic rings. The summed E-state index contributed by atoms with van der Waals surface area (Å²) >= 11 is 0. The molecule has 11 heavy (non-hydrogen) atoms. The summed E-state index contributed by atoms with van der Waals surface area (Å²) in [4.78, 5) is 12.3. The molecule has 0 saturated carbocycles. The number of hydrogen-bond donors (Lipinski definition) is 0. The van der Waals surface area contributed by atoms with Crippen LogP contribution >= 0.6 is 0 Å². The summed E-state index contributed by atoms with van der Waals surface area (Å²) in [5.41, 5.74) is 0. The third-order valence-electron chi connectivity index (χ3n) is 1.43. The van der Waals surface area contributed by atoms with Crippen molar-refractivity contribution < 1.29 is 15.0 Å². The zero-order chi connectivity index (χ0) is 8.85. The van der Waals surface area contributed by atoms with Crippen LogP contribution in [-0.2, 0) is 4.79 Å². The summed E-state index contributed by atoms with van der Waals surface area (Å²) in [7, 11) is 1.59. The average Bonchev–Trinajstić information content (AvgIpc) is 1.98. The van der Waals surface area contributed by atoms with E-state index in [0.717, 1.165) is 0 Å². The fourth-order valence-corrected chi connectivity index (χ4v) is 0.694. The van der Waals surface area contributed by atoms with Crippen LogP contribution in [-0.4, -0.2) is 30.7 Å². The average molecular weight is 159 g/mol. The Morgan fingerprint density at radius 1 is 1.55 bits per heavy atom. The van der Waals surface area contributed by atoms with E-state index in [-0.39, 0.29) is 18.9 Å². The van der Waals surface area contributed by atoms with E-state index in [1.165, 1.54) is 4.90 Å². The third kappa shape index (κ3) is 4.75. The molecule has 0 atom stereocenters. The largest absolute Gasteiger partial charge is 0.865 e. The lowest BCUT2D eigenvalue weighted by Crippen LogP contribution is -2.42. The Balaban J connectivity index is 3.52. The quantitative estimate of drug-likeness (QED) is 0.459. The standard InChI is InChI=1S/C7H13NO3/c1-3-6(9)8(2)5-4-7(10)11/h7H,3-5H2,1-2H3/q-2. The maximum atomic E-state index is 10.8. The van der Waals surface area contributed by atoms with Crippen molar-refractivity contribution in [3.05, 3.63) is 0 Å². The molecule has 4 nitrogen and oxygen atoms in total. The van der Waals surface area contributed by atoms with Gasteiger partial charge in [0, 0.05) is 20.0 Å². The fourth-order valence-electron chi connectivity index (χ4n) is 0.694. The van der Waals surface area contributed by atoms with E-state index >= 15 is 0 Å². The van der Waals surface area contributed by atoms with Gasteiger partial charge in [-0.1, -0.05) is 13.3 Å². The van der Waals surface area contributed by atoms with Gasteiger partial charge >= 0.3 is 0 Å². The van der Waals surface area contributed by atoms with Crippen LogP contribution in [0.1, 0.15) is 19.8 Å². The summed E-state index contributed by atoms with van der Waals surface area (Å²) < 4.78 is 0. The van der Waals surface area contributed by atoms with Gasteiger partial charge in [-0.25, -0.2) is 6.29 Å². The van der Waals surface area contributed by atoms with Crippen molar-refractivity contribution >= 4 is 5.91 Å². The molecule has 0 aliphatic carbocycles. The van der Waals surface area contributed by atoms with Crippen molar-refractivity contribution in [1.82, 2.24) is 4.90 Å². The van der Waals surface area contributed by atoms with Gasteiger partial charge in [-0.3, -0.25) is 4.79 Å². The molecule has 0 spiro atoms. The Hall–Kier alpha value is -0.610. The van der Waals surface area contributed by atoms with Crippen LogP contribution in [0.5, 0.6) is 0 Å². The summed E-state index contributed by atoms with van der Waals surface area (Å²) in [5, 5.41) is 20.1. The van der Waals surface area contributed by atoms with Gasteiger partial charge in [-0.05, 0) is 0 Å². The van der Waals surface area contributed by atoms with Crippen molar-refractivity contribution in [3.8, 4) is 0 Å². The van der Waals surface area contributed by atoms with Gasteiger partial charge < -0.3 is 15.1 Å². The molecular formula is C7H13NO3-2. The molecular weight excluding hydrogens is 146 g/mol. The molecule has 0 heterocycles. The van der Waals surface area contributed by atoms with Crippen molar-refractivity contribution in [2.75, 3.05) is 13.6 Å². The second kappa shape index (κ2) is 5.09. The lowest BCUT2D eigenvalue weighted by molar-refractivity contribution is -0.658. The molecule has 0 bridgehead atoms. The van der Waals surface area contributed by atoms with Crippen LogP contribution < -0.4 is 10.2 Å². The molecule has 66 valence electrons. The lowest BCUT2D eigenvalue weighted by atomic mass is 10.3. The SMILES string of the molecule is CCC(=O)N(C)CCC([O-])[O-]. The van der Waals surface area contributed by atoms with E-state index < -0.39 is 6.29 Å². The van der Waals surface area contributed by atoms with Gasteiger partial charge in [-0.2, -0.15) is 0 Å². The number of nitrogens with zero attached hydrogens (tertiary/aromatic N) is 1. The first-order chi connectivity index (χ1) is 5.07. The normalized spacial score (nSPS) is 10.3. The Morgan fingerprint density at radius 3 is 2.45 bits per heavy atom. The summed E-state index contributed by atoms with van der Waals surface area (Å²) in [6.45, 7) is 2.01.